The molecule has 0 radical (unpaired) electrons. The molecular weight excluding hydrogens is 322 g/mol. The van der Waals surface area contributed by atoms with Crippen LogP contribution in [0.5, 0.6) is 0 Å². The maximum absolute atomic E-state index is 5.63. The van der Waals surface area contributed by atoms with Crippen molar-refractivity contribution >= 4 is 5.96 Å². The molecule has 0 aliphatic heterocycles. The summed E-state index contributed by atoms with van der Waals surface area (Å²) in [5.74, 6) is 2.59. The number of hydrogen-bond donors (Lipinski definition) is 2. The third-order valence-corrected chi connectivity index (χ3v) is 3.79. The first-order chi connectivity index (χ1) is 12.2. The van der Waals surface area contributed by atoms with Gasteiger partial charge in [-0.3, -0.25) is 0 Å². The van der Waals surface area contributed by atoms with E-state index in [1.807, 2.05) is 20.8 Å². The normalized spacial score (nSPS) is 16.0. The van der Waals surface area contributed by atoms with Gasteiger partial charge < -0.3 is 24.6 Å². The van der Waals surface area contributed by atoms with Crippen LogP contribution in [0.2, 0.25) is 0 Å². The first-order valence-corrected chi connectivity index (χ1v) is 9.26. The predicted octanol–water partition coefficient (Wildman–Crippen LogP) is 2.04. The summed E-state index contributed by atoms with van der Waals surface area (Å²) in [6.45, 7) is 10.1. The molecule has 1 atom stereocenters. The molecule has 142 valence electrons. The average molecular weight is 353 g/mol. The second kappa shape index (κ2) is 11.0. The fourth-order valence-corrected chi connectivity index (χ4v) is 2.23. The lowest BCUT2D eigenvalue weighted by atomic mass is 10.4. The van der Waals surface area contributed by atoms with Gasteiger partial charge in [-0.25, -0.2) is 4.99 Å². The lowest BCUT2D eigenvalue weighted by molar-refractivity contribution is 0.0683. The standard InChI is InChI=1S/C17H31N5O3/c1-4-18-17(19-9-6-10-23-12-14-7-8-14)20-11-15-21-16(22-25-15)13(3)24-5-2/h13-14H,4-12H2,1-3H3,(H2,18,19,20). The van der Waals surface area contributed by atoms with Crippen molar-refractivity contribution < 1.29 is 14.0 Å². The van der Waals surface area contributed by atoms with E-state index >= 15 is 0 Å². The summed E-state index contributed by atoms with van der Waals surface area (Å²) in [5, 5.41) is 10.4. The maximum Gasteiger partial charge on any atom is 0.248 e. The number of aromatic nitrogens is 2. The van der Waals surface area contributed by atoms with Crippen LogP contribution in [0.4, 0.5) is 0 Å². The van der Waals surface area contributed by atoms with Gasteiger partial charge in [0.05, 0.1) is 0 Å². The number of guanidine groups is 1. The molecular formula is C17H31N5O3. The summed E-state index contributed by atoms with van der Waals surface area (Å²) in [5.41, 5.74) is 0. The Labute approximate surface area is 149 Å². The fourth-order valence-electron chi connectivity index (χ4n) is 2.23. The zero-order valence-electron chi connectivity index (χ0n) is 15.6. The molecule has 8 nitrogen and oxygen atoms in total. The van der Waals surface area contributed by atoms with Crippen LogP contribution in [0.3, 0.4) is 0 Å². The van der Waals surface area contributed by atoms with E-state index in [2.05, 4.69) is 25.8 Å². The highest BCUT2D eigenvalue weighted by Gasteiger charge is 2.20. The van der Waals surface area contributed by atoms with Crippen LogP contribution in [-0.2, 0) is 16.0 Å². The van der Waals surface area contributed by atoms with Crippen molar-refractivity contribution in [2.24, 2.45) is 10.9 Å². The molecule has 0 spiro atoms. The third kappa shape index (κ3) is 7.83. The number of nitrogens with zero attached hydrogens (tertiary/aromatic N) is 3. The molecule has 1 aliphatic rings. The van der Waals surface area contributed by atoms with E-state index in [0.717, 1.165) is 44.6 Å². The Balaban J connectivity index is 1.70. The van der Waals surface area contributed by atoms with E-state index in [-0.39, 0.29) is 6.10 Å². The van der Waals surface area contributed by atoms with E-state index < -0.39 is 0 Å². The van der Waals surface area contributed by atoms with Crippen molar-refractivity contribution in [3.05, 3.63) is 11.7 Å². The van der Waals surface area contributed by atoms with Crippen LogP contribution in [0.25, 0.3) is 0 Å². The predicted molar refractivity (Wildman–Crippen MR) is 95.3 cm³/mol. The number of rotatable bonds is 12. The van der Waals surface area contributed by atoms with Gasteiger partial charge in [0.2, 0.25) is 5.89 Å². The quantitative estimate of drug-likeness (QED) is 0.337. The second-order valence-electron chi connectivity index (χ2n) is 6.14. The molecule has 1 fully saturated rings. The van der Waals surface area contributed by atoms with Crippen LogP contribution in [-0.4, -0.2) is 49.0 Å². The summed E-state index contributed by atoms with van der Waals surface area (Å²) < 4.78 is 16.3. The summed E-state index contributed by atoms with van der Waals surface area (Å²) in [7, 11) is 0. The Hall–Kier alpha value is -1.67. The van der Waals surface area contributed by atoms with Gasteiger partial charge in [0.15, 0.2) is 11.8 Å². The minimum atomic E-state index is -0.173. The molecule has 1 aromatic rings. The summed E-state index contributed by atoms with van der Waals surface area (Å²) >= 11 is 0. The molecule has 1 heterocycles. The lowest BCUT2D eigenvalue weighted by Gasteiger charge is -2.10. The van der Waals surface area contributed by atoms with E-state index in [4.69, 9.17) is 14.0 Å². The molecule has 1 unspecified atom stereocenters. The molecule has 2 N–H and O–H groups in total. The van der Waals surface area contributed by atoms with Gasteiger partial charge in [0, 0.05) is 32.9 Å². The number of ether oxygens (including phenoxy) is 2. The topological polar surface area (TPSA) is 93.8 Å². The Morgan fingerprint density at radius 1 is 1.36 bits per heavy atom. The van der Waals surface area contributed by atoms with Crippen molar-refractivity contribution in [1.29, 1.82) is 0 Å². The highest BCUT2D eigenvalue weighted by molar-refractivity contribution is 5.79. The van der Waals surface area contributed by atoms with Crippen LogP contribution in [0, 0.1) is 5.92 Å². The van der Waals surface area contributed by atoms with Gasteiger partial charge in [0.1, 0.15) is 12.6 Å². The highest BCUT2D eigenvalue weighted by atomic mass is 16.5. The molecule has 8 heteroatoms. The smallest absolute Gasteiger partial charge is 0.248 e. The SMILES string of the molecule is CCNC(=NCc1nc(C(C)OCC)no1)NCCCOCC1CC1. The molecule has 2 rings (SSSR count). The Kier molecular flexibility index (Phi) is 8.68. The highest BCUT2D eigenvalue weighted by Crippen LogP contribution is 2.28. The summed E-state index contributed by atoms with van der Waals surface area (Å²) in [6, 6.07) is 0. The number of hydrogen-bond acceptors (Lipinski definition) is 6. The Bertz CT molecular complexity index is 516. The molecule has 1 aliphatic carbocycles. The Morgan fingerprint density at radius 3 is 2.92 bits per heavy atom. The van der Waals surface area contributed by atoms with Gasteiger partial charge in [0.25, 0.3) is 0 Å². The monoisotopic (exact) mass is 353 g/mol. The van der Waals surface area contributed by atoms with Gasteiger partial charge >= 0.3 is 0 Å². The third-order valence-electron chi connectivity index (χ3n) is 3.79. The average Bonchev–Trinajstić information content (AvgIpc) is 3.30. The van der Waals surface area contributed by atoms with Crippen LogP contribution in [0.1, 0.15) is 57.9 Å². The number of nitrogens with one attached hydrogen (secondary N) is 2. The van der Waals surface area contributed by atoms with Crippen molar-refractivity contribution in [1.82, 2.24) is 20.8 Å². The molecule has 0 aromatic carbocycles. The second-order valence-corrected chi connectivity index (χ2v) is 6.14. The molecule has 25 heavy (non-hydrogen) atoms. The van der Waals surface area contributed by atoms with Crippen LogP contribution >= 0.6 is 0 Å². The van der Waals surface area contributed by atoms with Crippen molar-refractivity contribution in [3.63, 3.8) is 0 Å². The van der Waals surface area contributed by atoms with Gasteiger partial charge in [-0.1, -0.05) is 5.16 Å². The minimum absolute atomic E-state index is 0.173. The van der Waals surface area contributed by atoms with E-state index in [9.17, 15) is 0 Å². The largest absolute Gasteiger partial charge is 0.381 e. The van der Waals surface area contributed by atoms with Crippen molar-refractivity contribution in [2.45, 2.75) is 52.7 Å². The van der Waals surface area contributed by atoms with Crippen molar-refractivity contribution in [3.8, 4) is 0 Å². The van der Waals surface area contributed by atoms with Gasteiger partial charge in [-0.2, -0.15) is 4.98 Å². The minimum Gasteiger partial charge on any atom is -0.381 e. The fraction of sp³-hybridized carbons (Fsp3) is 0.824. The summed E-state index contributed by atoms with van der Waals surface area (Å²) in [6.07, 6.45) is 3.44. The van der Waals surface area contributed by atoms with E-state index in [1.165, 1.54) is 12.8 Å². The molecule has 0 amide bonds. The molecule has 1 saturated carbocycles. The molecule has 0 saturated heterocycles. The summed E-state index contributed by atoms with van der Waals surface area (Å²) in [4.78, 5) is 8.79. The van der Waals surface area contributed by atoms with Gasteiger partial charge in [-0.15, -0.1) is 0 Å². The van der Waals surface area contributed by atoms with E-state index in [0.29, 0.717) is 24.9 Å². The molecule has 1 aromatic heterocycles. The zero-order valence-corrected chi connectivity index (χ0v) is 15.6. The van der Waals surface area contributed by atoms with Crippen molar-refractivity contribution in [2.75, 3.05) is 32.9 Å². The maximum atomic E-state index is 5.63. The van der Waals surface area contributed by atoms with Crippen LogP contribution < -0.4 is 10.6 Å². The first-order valence-electron chi connectivity index (χ1n) is 9.26. The van der Waals surface area contributed by atoms with Gasteiger partial charge in [-0.05, 0) is 46.0 Å². The van der Waals surface area contributed by atoms with Crippen LogP contribution in [0.15, 0.2) is 9.52 Å². The Morgan fingerprint density at radius 2 is 2.20 bits per heavy atom. The zero-order chi connectivity index (χ0) is 17.9. The first kappa shape index (κ1) is 19.7. The number of aliphatic imine (C=N–C) groups is 1. The van der Waals surface area contributed by atoms with E-state index in [1.54, 1.807) is 0 Å². The lowest BCUT2D eigenvalue weighted by Crippen LogP contribution is -2.38. The molecule has 0 bridgehead atoms.